The van der Waals surface area contributed by atoms with Crippen LogP contribution < -0.4 is 4.90 Å². The van der Waals surface area contributed by atoms with Crippen molar-refractivity contribution < 1.29 is 23.2 Å². The Hall–Kier alpha value is -2.16. The van der Waals surface area contributed by atoms with E-state index in [0.29, 0.717) is 13.1 Å². The second kappa shape index (κ2) is 5.91. The van der Waals surface area contributed by atoms with Crippen LogP contribution in [0.25, 0.3) is 0 Å². The normalized spacial score (nSPS) is 15.6. The number of carboxylic acids is 1. The summed E-state index contributed by atoms with van der Waals surface area (Å²) in [5.74, 6) is -1.40. The van der Waals surface area contributed by atoms with Gasteiger partial charge in [-0.2, -0.15) is 0 Å². The zero-order chi connectivity index (χ0) is 16.5. The molecule has 9 heteroatoms. The van der Waals surface area contributed by atoms with Crippen molar-refractivity contribution in [2.45, 2.75) is 24.2 Å². The van der Waals surface area contributed by atoms with Crippen LogP contribution in [0.15, 0.2) is 17.0 Å². The molecule has 0 aliphatic carbocycles. The van der Waals surface area contributed by atoms with E-state index in [9.17, 15) is 23.3 Å². The highest BCUT2D eigenvalue weighted by molar-refractivity contribution is 7.90. The summed E-state index contributed by atoms with van der Waals surface area (Å²) < 4.78 is 24.0. The Morgan fingerprint density at radius 1 is 1.27 bits per heavy atom. The number of rotatable bonds is 4. The van der Waals surface area contributed by atoms with Gasteiger partial charge in [-0.25, -0.2) is 13.2 Å². The summed E-state index contributed by atoms with van der Waals surface area (Å²) in [6, 6.07) is 1.91. The number of nitro benzene ring substituents is 1. The number of benzene rings is 1. The van der Waals surface area contributed by atoms with Crippen molar-refractivity contribution in [1.29, 1.82) is 0 Å². The number of piperidine rings is 1. The van der Waals surface area contributed by atoms with Gasteiger partial charge in [0.25, 0.3) is 5.69 Å². The van der Waals surface area contributed by atoms with E-state index in [1.165, 1.54) is 0 Å². The maximum atomic E-state index is 12.0. The number of sulfone groups is 1. The first-order chi connectivity index (χ1) is 10.2. The summed E-state index contributed by atoms with van der Waals surface area (Å²) in [7, 11) is -3.80. The van der Waals surface area contributed by atoms with Crippen molar-refractivity contribution >= 4 is 27.2 Å². The molecule has 0 aromatic heterocycles. The summed E-state index contributed by atoms with van der Waals surface area (Å²) >= 11 is 0. The van der Waals surface area contributed by atoms with E-state index in [-0.39, 0.29) is 10.6 Å². The lowest BCUT2D eigenvalue weighted by atomic mass is 10.1. The summed E-state index contributed by atoms with van der Waals surface area (Å²) in [5.41, 5.74) is -0.896. The molecule has 22 heavy (non-hydrogen) atoms. The molecule has 1 heterocycles. The Morgan fingerprint density at radius 2 is 1.86 bits per heavy atom. The van der Waals surface area contributed by atoms with Gasteiger partial charge in [0.15, 0.2) is 9.84 Å². The Labute approximate surface area is 127 Å². The average molecular weight is 328 g/mol. The summed E-state index contributed by atoms with van der Waals surface area (Å²) in [5, 5.41) is 20.4. The predicted octanol–water partition coefficient (Wildman–Crippen LogP) is 1.69. The third-order valence-electron chi connectivity index (χ3n) is 3.57. The fraction of sp³-hybridized carbons (Fsp3) is 0.462. The first-order valence-electron chi connectivity index (χ1n) is 6.72. The maximum Gasteiger partial charge on any atom is 0.335 e. The lowest BCUT2D eigenvalue weighted by Gasteiger charge is -2.29. The molecule has 1 fully saturated rings. The van der Waals surface area contributed by atoms with Crippen molar-refractivity contribution in [3.05, 3.63) is 27.8 Å². The van der Waals surface area contributed by atoms with Gasteiger partial charge < -0.3 is 10.0 Å². The van der Waals surface area contributed by atoms with E-state index < -0.39 is 32.0 Å². The third-order valence-corrected chi connectivity index (χ3v) is 4.68. The fourth-order valence-corrected chi connectivity index (χ4v) is 3.50. The molecule has 1 aromatic carbocycles. The van der Waals surface area contributed by atoms with Crippen LogP contribution in [0.4, 0.5) is 11.4 Å². The highest BCUT2D eigenvalue weighted by Gasteiger charge is 2.31. The van der Waals surface area contributed by atoms with Gasteiger partial charge in [0.2, 0.25) is 0 Å². The van der Waals surface area contributed by atoms with E-state index in [1.54, 1.807) is 4.90 Å². The maximum absolute atomic E-state index is 12.0. The van der Waals surface area contributed by atoms with E-state index in [2.05, 4.69) is 0 Å². The molecule has 0 radical (unpaired) electrons. The number of nitro groups is 1. The van der Waals surface area contributed by atoms with Crippen LogP contribution in [0.1, 0.15) is 29.6 Å². The Morgan fingerprint density at radius 3 is 2.32 bits per heavy atom. The van der Waals surface area contributed by atoms with Crippen molar-refractivity contribution in [2.24, 2.45) is 0 Å². The van der Waals surface area contributed by atoms with Gasteiger partial charge in [0.1, 0.15) is 5.69 Å². The fourth-order valence-electron chi connectivity index (χ4n) is 2.57. The molecule has 1 N–H and O–H groups in total. The van der Waals surface area contributed by atoms with Crippen molar-refractivity contribution in [3.63, 3.8) is 0 Å². The monoisotopic (exact) mass is 328 g/mol. The summed E-state index contributed by atoms with van der Waals surface area (Å²) in [6.45, 7) is 1.02. The van der Waals surface area contributed by atoms with Gasteiger partial charge in [0.05, 0.1) is 15.4 Å². The molecule has 120 valence electrons. The number of hydrogen-bond donors (Lipinski definition) is 1. The minimum absolute atomic E-state index is 0.00259. The van der Waals surface area contributed by atoms with E-state index in [4.69, 9.17) is 5.11 Å². The SMILES string of the molecule is CS(=O)(=O)c1cc(C(=O)O)cc([N+](=O)[O-])c1N1CCCCC1. The second-order valence-electron chi connectivity index (χ2n) is 5.22. The van der Waals surface area contributed by atoms with Gasteiger partial charge >= 0.3 is 5.97 Å². The number of aromatic carboxylic acids is 1. The van der Waals surface area contributed by atoms with Crippen LogP contribution in [-0.2, 0) is 9.84 Å². The van der Waals surface area contributed by atoms with Crippen LogP contribution in [0, 0.1) is 10.1 Å². The molecule has 0 spiro atoms. The molecule has 1 aromatic rings. The quantitative estimate of drug-likeness (QED) is 0.660. The average Bonchev–Trinajstić information content (AvgIpc) is 2.45. The van der Waals surface area contributed by atoms with Gasteiger partial charge in [-0.05, 0) is 25.3 Å². The Bertz CT molecular complexity index is 722. The molecular weight excluding hydrogens is 312 g/mol. The Kier molecular flexibility index (Phi) is 4.36. The van der Waals surface area contributed by atoms with Crippen LogP contribution in [0.2, 0.25) is 0 Å². The van der Waals surface area contributed by atoms with Crippen LogP contribution >= 0.6 is 0 Å². The molecular formula is C13H16N2O6S. The zero-order valence-corrected chi connectivity index (χ0v) is 12.8. The van der Waals surface area contributed by atoms with E-state index >= 15 is 0 Å². The molecule has 8 nitrogen and oxygen atoms in total. The number of anilines is 1. The minimum atomic E-state index is -3.80. The number of carboxylic acid groups (broad SMARTS) is 1. The number of nitrogens with zero attached hydrogens (tertiary/aromatic N) is 2. The molecule has 0 saturated carbocycles. The number of carbonyl (C=O) groups is 1. The molecule has 0 amide bonds. The standard InChI is InChI=1S/C13H16N2O6S/c1-22(20,21)11-8-9(13(16)17)7-10(15(18)19)12(11)14-5-3-2-4-6-14/h7-8H,2-6H2,1H3,(H,16,17). The van der Waals surface area contributed by atoms with Crippen LogP contribution in [0.3, 0.4) is 0 Å². The minimum Gasteiger partial charge on any atom is -0.478 e. The molecule has 2 rings (SSSR count). The predicted molar refractivity (Wildman–Crippen MR) is 79.2 cm³/mol. The van der Waals surface area contributed by atoms with Crippen molar-refractivity contribution in [1.82, 2.24) is 0 Å². The molecule has 1 saturated heterocycles. The molecule has 0 unspecified atom stereocenters. The van der Waals surface area contributed by atoms with Crippen molar-refractivity contribution in [2.75, 3.05) is 24.2 Å². The molecule has 1 aliphatic rings. The second-order valence-corrected chi connectivity index (χ2v) is 7.21. The highest BCUT2D eigenvalue weighted by Crippen LogP contribution is 2.37. The first-order valence-corrected chi connectivity index (χ1v) is 8.61. The van der Waals surface area contributed by atoms with E-state index in [1.807, 2.05) is 0 Å². The lowest BCUT2D eigenvalue weighted by Crippen LogP contribution is -2.31. The van der Waals surface area contributed by atoms with Crippen LogP contribution in [0.5, 0.6) is 0 Å². The Balaban J connectivity index is 2.76. The molecule has 0 atom stereocenters. The highest BCUT2D eigenvalue weighted by atomic mass is 32.2. The summed E-state index contributed by atoms with van der Waals surface area (Å²) in [4.78, 5) is 23.0. The third kappa shape index (κ3) is 3.19. The van der Waals surface area contributed by atoms with Crippen molar-refractivity contribution in [3.8, 4) is 0 Å². The lowest BCUT2D eigenvalue weighted by molar-refractivity contribution is -0.384. The van der Waals surface area contributed by atoms with Gasteiger partial charge in [0, 0.05) is 25.4 Å². The van der Waals surface area contributed by atoms with E-state index in [0.717, 1.165) is 37.7 Å². The summed E-state index contributed by atoms with van der Waals surface area (Å²) in [6.07, 6.45) is 3.51. The van der Waals surface area contributed by atoms with Gasteiger partial charge in [-0.3, -0.25) is 10.1 Å². The smallest absolute Gasteiger partial charge is 0.335 e. The van der Waals surface area contributed by atoms with Gasteiger partial charge in [-0.1, -0.05) is 0 Å². The number of hydrogen-bond acceptors (Lipinski definition) is 6. The first kappa shape index (κ1) is 16.2. The zero-order valence-electron chi connectivity index (χ0n) is 12.0. The topological polar surface area (TPSA) is 118 Å². The van der Waals surface area contributed by atoms with Crippen LogP contribution in [-0.4, -0.2) is 43.8 Å². The molecule has 0 bridgehead atoms. The largest absolute Gasteiger partial charge is 0.478 e. The molecule has 1 aliphatic heterocycles. The van der Waals surface area contributed by atoms with Gasteiger partial charge in [-0.15, -0.1) is 0 Å².